The van der Waals surface area contributed by atoms with E-state index in [1.807, 2.05) is 32.0 Å². The van der Waals surface area contributed by atoms with E-state index in [9.17, 15) is 18.0 Å². The number of aryl methyl sites for hydroxylation is 1. The van der Waals surface area contributed by atoms with Gasteiger partial charge in [0, 0.05) is 43.9 Å². The highest BCUT2D eigenvalue weighted by molar-refractivity contribution is 7.89. The number of carbonyl (C=O) groups excluding carboxylic acids is 2. The van der Waals surface area contributed by atoms with Crippen LogP contribution < -0.4 is 15.0 Å². The van der Waals surface area contributed by atoms with Crippen molar-refractivity contribution in [3.63, 3.8) is 0 Å². The second-order valence-electron chi connectivity index (χ2n) is 8.49. The van der Waals surface area contributed by atoms with E-state index in [-0.39, 0.29) is 16.7 Å². The van der Waals surface area contributed by atoms with Gasteiger partial charge in [-0.25, -0.2) is 8.42 Å². The molecule has 2 amide bonds. The highest BCUT2D eigenvalue weighted by atomic mass is 32.2. The second kappa shape index (κ2) is 10.1. The first kappa shape index (κ1) is 24.2. The van der Waals surface area contributed by atoms with Crippen LogP contribution in [0.2, 0.25) is 0 Å². The van der Waals surface area contributed by atoms with Gasteiger partial charge in [-0.05, 0) is 66.8 Å². The number of benzene rings is 2. The first-order valence-electron chi connectivity index (χ1n) is 11.8. The van der Waals surface area contributed by atoms with Crippen LogP contribution in [0.4, 0.5) is 11.4 Å². The quantitative estimate of drug-likeness (QED) is 0.550. The monoisotopic (exact) mass is 485 g/mol. The van der Waals surface area contributed by atoms with Gasteiger partial charge in [-0.3, -0.25) is 9.59 Å². The molecule has 0 unspecified atom stereocenters. The number of nitrogens with one attached hydrogen (secondary N) is 1. The summed E-state index contributed by atoms with van der Waals surface area (Å²) in [7, 11) is -3.52. The van der Waals surface area contributed by atoms with Crippen molar-refractivity contribution in [2.45, 2.75) is 50.8 Å². The maximum atomic E-state index is 12.8. The molecule has 2 aliphatic rings. The molecule has 4 rings (SSSR count). The SMILES string of the molecule is CCN(CC)S(=O)(=O)c1ccc2c(c1)CCN2C(=O)CCCOc1ccc2c(c1)CCC(=O)N2. The summed E-state index contributed by atoms with van der Waals surface area (Å²) < 4.78 is 32.9. The van der Waals surface area contributed by atoms with Crippen molar-refractivity contribution < 1.29 is 22.7 Å². The number of carbonyl (C=O) groups is 2. The van der Waals surface area contributed by atoms with Gasteiger partial charge in [0.05, 0.1) is 11.5 Å². The van der Waals surface area contributed by atoms with Crippen molar-refractivity contribution in [3.8, 4) is 5.75 Å². The normalized spacial score (nSPS) is 15.1. The Kier molecular flexibility index (Phi) is 7.23. The fourth-order valence-corrected chi connectivity index (χ4v) is 6.02. The molecule has 0 saturated heterocycles. The molecule has 0 radical (unpaired) electrons. The van der Waals surface area contributed by atoms with E-state index in [1.54, 1.807) is 23.1 Å². The van der Waals surface area contributed by atoms with E-state index < -0.39 is 10.0 Å². The fraction of sp³-hybridized carbons (Fsp3) is 0.440. The van der Waals surface area contributed by atoms with E-state index in [1.165, 1.54) is 4.31 Å². The molecule has 182 valence electrons. The molecule has 34 heavy (non-hydrogen) atoms. The first-order valence-corrected chi connectivity index (χ1v) is 13.3. The molecule has 1 N–H and O–H groups in total. The van der Waals surface area contributed by atoms with Crippen LogP contribution in [-0.2, 0) is 32.5 Å². The Bertz CT molecular complexity index is 1190. The van der Waals surface area contributed by atoms with Crippen molar-refractivity contribution in [2.24, 2.45) is 0 Å². The number of rotatable bonds is 9. The zero-order chi connectivity index (χ0) is 24.3. The van der Waals surface area contributed by atoms with E-state index >= 15 is 0 Å². The Morgan fingerprint density at radius 1 is 1.06 bits per heavy atom. The number of fused-ring (bicyclic) bond motifs is 2. The largest absolute Gasteiger partial charge is 0.494 e. The Morgan fingerprint density at radius 2 is 1.85 bits per heavy atom. The minimum atomic E-state index is -3.52. The zero-order valence-electron chi connectivity index (χ0n) is 19.7. The maximum absolute atomic E-state index is 12.8. The van der Waals surface area contributed by atoms with Gasteiger partial charge in [0.2, 0.25) is 21.8 Å². The lowest BCUT2D eigenvalue weighted by atomic mass is 10.0. The number of sulfonamides is 1. The molecule has 8 nitrogen and oxygen atoms in total. The van der Waals surface area contributed by atoms with Crippen LogP contribution in [0.3, 0.4) is 0 Å². The van der Waals surface area contributed by atoms with Crippen LogP contribution in [-0.4, -0.2) is 50.8 Å². The van der Waals surface area contributed by atoms with E-state index in [4.69, 9.17) is 4.74 Å². The Balaban J connectivity index is 1.32. The summed E-state index contributed by atoms with van der Waals surface area (Å²) in [5.74, 6) is 0.774. The molecule has 2 aromatic carbocycles. The Hall–Kier alpha value is -2.91. The van der Waals surface area contributed by atoms with Crippen molar-refractivity contribution in [3.05, 3.63) is 47.5 Å². The molecule has 0 aromatic heterocycles. The number of amides is 2. The summed E-state index contributed by atoms with van der Waals surface area (Å²) >= 11 is 0. The van der Waals surface area contributed by atoms with Crippen LogP contribution in [0.1, 0.15) is 44.2 Å². The number of hydrogen-bond donors (Lipinski definition) is 1. The molecular formula is C25H31N3O5S. The van der Waals surface area contributed by atoms with Crippen LogP contribution in [0.25, 0.3) is 0 Å². The Morgan fingerprint density at radius 3 is 2.62 bits per heavy atom. The summed E-state index contributed by atoms with van der Waals surface area (Å²) in [4.78, 5) is 26.3. The van der Waals surface area contributed by atoms with E-state index in [2.05, 4.69) is 5.32 Å². The summed E-state index contributed by atoms with van der Waals surface area (Å²) in [5.41, 5.74) is 3.57. The van der Waals surface area contributed by atoms with Crippen molar-refractivity contribution in [1.82, 2.24) is 4.31 Å². The molecule has 9 heteroatoms. The van der Waals surface area contributed by atoms with Gasteiger partial charge >= 0.3 is 0 Å². The average molecular weight is 486 g/mol. The lowest BCUT2D eigenvalue weighted by molar-refractivity contribution is -0.119. The molecule has 0 spiro atoms. The van der Waals surface area contributed by atoms with E-state index in [0.29, 0.717) is 58.3 Å². The van der Waals surface area contributed by atoms with Crippen molar-refractivity contribution in [2.75, 3.05) is 36.5 Å². The highest BCUT2D eigenvalue weighted by Crippen LogP contribution is 2.32. The number of anilines is 2. The predicted octanol–water partition coefficient (Wildman–Crippen LogP) is 3.35. The summed E-state index contributed by atoms with van der Waals surface area (Å²) in [5, 5.41) is 2.85. The molecule has 2 aliphatic heterocycles. The highest BCUT2D eigenvalue weighted by Gasteiger charge is 2.28. The van der Waals surface area contributed by atoms with Crippen LogP contribution in [0, 0.1) is 0 Å². The van der Waals surface area contributed by atoms with Gasteiger partial charge < -0.3 is 15.0 Å². The minimum absolute atomic E-state index is 0.00912. The minimum Gasteiger partial charge on any atom is -0.494 e. The smallest absolute Gasteiger partial charge is 0.243 e. The van der Waals surface area contributed by atoms with Gasteiger partial charge in [-0.15, -0.1) is 0 Å². The summed E-state index contributed by atoms with van der Waals surface area (Å²) in [6.45, 7) is 5.46. The molecule has 2 aromatic rings. The van der Waals surface area contributed by atoms with Gasteiger partial charge in [0.1, 0.15) is 5.75 Å². The topological polar surface area (TPSA) is 96.0 Å². The molecule has 0 bridgehead atoms. The Labute approximate surface area is 200 Å². The molecular weight excluding hydrogens is 454 g/mol. The van der Waals surface area contributed by atoms with Crippen LogP contribution in [0.15, 0.2) is 41.3 Å². The van der Waals surface area contributed by atoms with Gasteiger partial charge in [-0.1, -0.05) is 13.8 Å². The third kappa shape index (κ3) is 4.95. The lowest BCUT2D eigenvalue weighted by Gasteiger charge is -2.20. The van der Waals surface area contributed by atoms with E-state index in [0.717, 1.165) is 28.3 Å². The second-order valence-corrected chi connectivity index (χ2v) is 10.4. The lowest BCUT2D eigenvalue weighted by Crippen LogP contribution is -2.30. The molecule has 0 saturated carbocycles. The molecule has 0 aliphatic carbocycles. The summed E-state index contributed by atoms with van der Waals surface area (Å²) in [6, 6.07) is 10.7. The van der Waals surface area contributed by atoms with Crippen LogP contribution >= 0.6 is 0 Å². The third-order valence-corrected chi connectivity index (χ3v) is 8.41. The van der Waals surface area contributed by atoms with Gasteiger partial charge in [0.15, 0.2) is 0 Å². The van der Waals surface area contributed by atoms with Crippen molar-refractivity contribution >= 4 is 33.2 Å². The fourth-order valence-electron chi connectivity index (χ4n) is 4.51. The first-order chi connectivity index (χ1) is 16.3. The third-order valence-electron chi connectivity index (χ3n) is 6.37. The zero-order valence-corrected chi connectivity index (χ0v) is 20.5. The predicted molar refractivity (Wildman–Crippen MR) is 131 cm³/mol. The summed E-state index contributed by atoms with van der Waals surface area (Å²) in [6.07, 6.45) is 2.74. The number of nitrogens with zero attached hydrogens (tertiary/aromatic N) is 2. The molecule has 0 fully saturated rings. The van der Waals surface area contributed by atoms with Crippen molar-refractivity contribution in [1.29, 1.82) is 0 Å². The van der Waals surface area contributed by atoms with Gasteiger partial charge in [0.25, 0.3) is 0 Å². The standard InChI is InChI=1S/C25H31N3O5S/c1-3-27(4-2)34(31,32)21-9-11-23-19(17-21)13-14-28(23)25(30)6-5-15-33-20-8-10-22-18(16-20)7-12-24(29)26-22/h8-11,16-17H,3-7,12-15H2,1-2H3,(H,26,29). The average Bonchev–Trinajstić information content (AvgIpc) is 3.26. The van der Waals surface area contributed by atoms with Gasteiger partial charge in [-0.2, -0.15) is 4.31 Å². The molecule has 2 heterocycles. The number of ether oxygens (including phenoxy) is 1. The molecule has 0 atom stereocenters. The number of hydrogen-bond acceptors (Lipinski definition) is 5. The maximum Gasteiger partial charge on any atom is 0.243 e. The van der Waals surface area contributed by atoms with Crippen LogP contribution in [0.5, 0.6) is 5.75 Å².